The van der Waals surface area contributed by atoms with Gasteiger partial charge in [0.15, 0.2) is 27.7 Å². The van der Waals surface area contributed by atoms with E-state index in [-0.39, 0.29) is 35.9 Å². The van der Waals surface area contributed by atoms with Gasteiger partial charge in [0.25, 0.3) is 10.1 Å². The number of nitrogens with two attached hydrogens (primary N) is 2. The molecule has 3 atom stereocenters. The average Bonchev–Trinajstić information content (AvgIpc) is 3.37. The van der Waals surface area contributed by atoms with Crippen molar-refractivity contribution in [1.82, 2.24) is 20.0 Å². The van der Waals surface area contributed by atoms with Gasteiger partial charge < -0.3 is 26.8 Å². The number of carbonyl (C=O) groups excluding carboxylic acids is 2. The Kier molecular flexibility index (Phi) is 8.95. The average molecular weight is 611 g/mol. The van der Waals surface area contributed by atoms with Crippen LogP contribution in [0.25, 0.3) is 0 Å². The summed E-state index contributed by atoms with van der Waals surface area (Å²) in [6, 6.07) is 0. The molecular weight excluding hydrogens is 580 g/mol. The van der Waals surface area contributed by atoms with Crippen LogP contribution in [0, 0.1) is 17.2 Å². The molecule has 2 saturated carbocycles. The molecule has 2 aromatic heterocycles. The fourth-order valence-corrected chi connectivity index (χ4v) is 6.27. The minimum Gasteiger partial charge on any atom is -0.478 e. The van der Waals surface area contributed by atoms with Crippen molar-refractivity contribution in [3.05, 3.63) is 23.0 Å². The summed E-state index contributed by atoms with van der Waals surface area (Å²) in [6.07, 6.45) is 3.48. The van der Waals surface area contributed by atoms with Crippen LogP contribution in [0.3, 0.4) is 0 Å². The third kappa shape index (κ3) is 7.00. The lowest BCUT2D eigenvalue weighted by Crippen LogP contribution is -2.58. The zero-order valence-corrected chi connectivity index (χ0v) is 23.4. The third-order valence-corrected chi connectivity index (χ3v) is 8.93. The van der Waals surface area contributed by atoms with E-state index in [1.165, 1.54) is 16.4 Å². The first-order valence-corrected chi connectivity index (χ1v) is 15.1. The molecule has 0 radical (unpaired) electrons. The smallest absolute Gasteiger partial charge is 0.350 e. The van der Waals surface area contributed by atoms with Crippen LogP contribution in [-0.4, -0.2) is 84.4 Å². The van der Waals surface area contributed by atoms with E-state index in [1.54, 1.807) is 0 Å². The fourth-order valence-electron chi connectivity index (χ4n) is 4.54. The predicted octanol–water partition coefficient (Wildman–Crippen LogP) is 0.0769. The molecule has 2 fully saturated rings. The number of anilines is 1. The quantitative estimate of drug-likeness (QED) is 0.0958. The predicted molar refractivity (Wildman–Crippen MR) is 145 cm³/mol. The lowest BCUT2D eigenvalue weighted by Gasteiger charge is -2.40. The van der Waals surface area contributed by atoms with Crippen molar-refractivity contribution in [2.45, 2.75) is 62.3 Å². The Labute approximate surface area is 238 Å². The van der Waals surface area contributed by atoms with E-state index in [2.05, 4.69) is 20.3 Å². The zero-order chi connectivity index (χ0) is 29.9. The van der Waals surface area contributed by atoms with Gasteiger partial charge in [-0.05, 0) is 32.2 Å². The van der Waals surface area contributed by atoms with Gasteiger partial charge in [-0.2, -0.15) is 23.4 Å². The Morgan fingerprint density at radius 2 is 2.05 bits per heavy atom. The second kappa shape index (κ2) is 12.1. The Balaban J connectivity index is 1.50. The summed E-state index contributed by atoms with van der Waals surface area (Å²) in [5.74, 6) is -5.02. The zero-order valence-electron chi connectivity index (χ0n) is 21.8. The van der Waals surface area contributed by atoms with Crippen LogP contribution in [0.2, 0.25) is 0 Å². The normalized spacial score (nSPS) is 21.8. The van der Waals surface area contributed by atoms with Gasteiger partial charge in [-0.15, -0.1) is 11.3 Å². The van der Waals surface area contributed by atoms with Crippen molar-refractivity contribution in [3.8, 4) is 0 Å². The molecule has 0 aromatic carbocycles. The van der Waals surface area contributed by atoms with Crippen LogP contribution in [0.4, 0.5) is 5.13 Å². The van der Waals surface area contributed by atoms with Gasteiger partial charge in [-0.1, -0.05) is 5.16 Å². The summed E-state index contributed by atoms with van der Waals surface area (Å²) in [5.41, 5.74) is 10.3. The molecule has 41 heavy (non-hydrogen) atoms. The lowest BCUT2D eigenvalue weighted by molar-refractivity contribution is -0.153. The van der Waals surface area contributed by atoms with E-state index >= 15 is 0 Å². The van der Waals surface area contributed by atoms with Crippen molar-refractivity contribution < 1.29 is 37.3 Å². The van der Waals surface area contributed by atoms with Crippen molar-refractivity contribution in [2.24, 2.45) is 22.7 Å². The number of nitrogens with one attached hydrogen (secondary N) is 1. The highest BCUT2D eigenvalue weighted by molar-refractivity contribution is 7.87. The van der Waals surface area contributed by atoms with Crippen LogP contribution < -0.4 is 11.5 Å². The number of carboxylic acids is 1. The molecule has 0 amide bonds. The Morgan fingerprint density at radius 3 is 2.63 bits per heavy atom. The molecule has 0 aliphatic heterocycles. The van der Waals surface area contributed by atoms with Crippen LogP contribution in [0.15, 0.2) is 16.7 Å². The first-order chi connectivity index (χ1) is 19.3. The number of aromatic nitrogens is 4. The second-order valence-electron chi connectivity index (χ2n) is 10.0. The summed E-state index contributed by atoms with van der Waals surface area (Å²) in [5, 5.41) is 29.3. The highest BCUT2D eigenvalue weighted by Gasteiger charge is 2.57. The number of hydrogen-bond donors (Lipinski definition) is 5. The van der Waals surface area contributed by atoms with Crippen LogP contribution >= 0.6 is 11.3 Å². The van der Waals surface area contributed by atoms with Crippen LogP contribution in [0.5, 0.6) is 0 Å². The number of rotatable bonds is 16. The van der Waals surface area contributed by atoms with E-state index in [0.29, 0.717) is 43.6 Å². The molecule has 16 nitrogen and oxygen atoms in total. The van der Waals surface area contributed by atoms with E-state index in [9.17, 15) is 32.5 Å². The van der Waals surface area contributed by atoms with Gasteiger partial charge in [0.05, 0.1) is 18.4 Å². The largest absolute Gasteiger partial charge is 0.478 e. The number of aryl methyl sites for hydroxylation is 1. The summed E-state index contributed by atoms with van der Waals surface area (Å²) >= 11 is 1.01. The molecule has 4 rings (SSSR count). The molecule has 0 bridgehead atoms. The fraction of sp³-hybridized carbons (Fsp3) is 0.565. The number of carbonyl (C=O) groups is 3. The van der Waals surface area contributed by atoms with E-state index in [4.69, 9.17) is 21.7 Å². The van der Waals surface area contributed by atoms with Crippen LogP contribution in [-0.2, 0) is 42.3 Å². The second-order valence-corrected chi connectivity index (χ2v) is 12.5. The summed E-state index contributed by atoms with van der Waals surface area (Å²) in [4.78, 5) is 48.0. The van der Waals surface area contributed by atoms with E-state index < -0.39 is 56.8 Å². The minimum atomic E-state index is -4.79. The number of nitrogen functional groups attached to an aromatic ring is 1. The first kappa shape index (κ1) is 30.4. The molecule has 222 valence electrons. The molecule has 2 aliphatic rings. The number of carboxylic acid groups (broad SMARTS) is 1. The van der Waals surface area contributed by atoms with Crippen LogP contribution in [0.1, 0.15) is 49.9 Å². The lowest BCUT2D eigenvalue weighted by atomic mass is 9.69. The third-order valence-electron chi connectivity index (χ3n) is 7.04. The van der Waals surface area contributed by atoms with Gasteiger partial charge in [-0.25, -0.2) is 9.78 Å². The van der Waals surface area contributed by atoms with Crippen molar-refractivity contribution in [1.29, 1.82) is 5.41 Å². The maximum absolute atomic E-state index is 13.3. The number of thiazole rings is 1. The topological polar surface area (TPSA) is 267 Å². The SMILES string of the molecule is N=C(CCCN)CCc1cnn(C[C@H]2C(S(=O)(=O)O)C(=O)[C@H]2CC(=O)/C(=N\OC2(C(=O)O)CC2)c2csc(N)n2)n1. The molecule has 18 heteroatoms. The number of hydrogen-bond acceptors (Lipinski definition) is 14. The van der Waals surface area contributed by atoms with Gasteiger partial charge in [0.1, 0.15) is 5.69 Å². The maximum Gasteiger partial charge on any atom is 0.350 e. The minimum absolute atomic E-state index is 0.0174. The molecule has 0 spiro atoms. The number of aliphatic carboxylic acids is 1. The molecule has 7 N–H and O–H groups in total. The molecule has 2 aliphatic carbocycles. The number of Topliss-reactive ketones (excluding diaryl/α,β-unsaturated/α-hetero) is 2. The van der Waals surface area contributed by atoms with E-state index in [1.807, 2.05) is 0 Å². The van der Waals surface area contributed by atoms with Crippen molar-refractivity contribution in [3.63, 3.8) is 0 Å². The summed E-state index contributed by atoms with van der Waals surface area (Å²) < 4.78 is 33.7. The molecule has 2 aromatic rings. The van der Waals surface area contributed by atoms with Gasteiger partial charge in [0.2, 0.25) is 5.60 Å². The van der Waals surface area contributed by atoms with E-state index in [0.717, 1.165) is 11.3 Å². The molecule has 2 heterocycles. The molecule has 1 unspecified atom stereocenters. The Hall–Kier alpha value is -3.61. The Morgan fingerprint density at radius 1 is 1.32 bits per heavy atom. The highest BCUT2D eigenvalue weighted by Crippen LogP contribution is 2.41. The number of ketones is 2. The maximum atomic E-state index is 13.3. The molecular formula is C23H30N8O8S2. The first-order valence-electron chi connectivity index (χ1n) is 12.7. The highest BCUT2D eigenvalue weighted by atomic mass is 32.2. The summed E-state index contributed by atoms with van der Waals surface area (Å²) in [7, 11) is -4.79. The number of nitrogens with zero attached hydrogens (tertiary/aromatic N) is 5. The van der Waals surface area contributed by atoms with Gasteiger partial charge in [-0.3, -0.25) is 14.1 Å². The van der Waals surface area contributed by atoms with Gasteiger partial charge in [0, 0.05) is 42.2 Å². The Bertz CT molecular complexity index is 1480. The van der Waals surface area contributed by atoms with Crippen molar-refractivity contribution >= 4 is 55.5 Å². The standard InChI is InChI=1S/C23H30N8O8S2/c24-7-1-2-12(25)3-4-13-9-27-31(29-13)10-15-14(19(33)20(15)41(36,37)38)8-17(32)18(16-11-40-22(26)28-16)30-39-23(5-6-23)21(34)35/h9,11,14-15,20,25H,1-8,10,24H2,(H2,26,28)(H,34,35)(H,36,37,38)/b25-12?,30-18-/t14-,15+,20?/m0/s1. The monoisotopic (exact) mass is 610 g/mol. The summed E-state index contributed by atoms with van der Waals surface area (Å²) in [6.45, 7) is 0.298. The van der Waals surface area contributed by atoms with Crippen molar-refractivity contribution in [2.75, 3.05) is 12.3 Å². The van der Waals surface area contributed by atoms with Gasteiger partial charge >= 0.3 is 5.97 Å². The molecule has 0 saturated heterocycles. The number of oxime groups is 1.